The molecule has 0 fully saturated rings. The molecule has 0 aliphatic carbocycles. The number of nitrogens with one attached hydrogen (secondary N) is 1. The number of aromatic hydroxyl groups is 1. The van der Waals surface area contributed by atoms with E-state index in [4.69, 9.17) is 0 Å². The molecule has 0 saturated carbocycles. The summed E-state index contributed by atoms with van der Waals surface area (Å²) in [5.41, 5.74) is 0.558. The molecule has 104 valence electrons. The van der Waals surface area contributed by atoms with Crippen LogP contribution in [0.4, 0.5) is 14.5 Å². The molecular weight excluding hydrogens is 264 g/mol. The molecule has 0 aliphatic rings. The molecule has 2 rings (SSSR count). The van der Waals surface area contributed by atoms with Gasteiger partial charge in [-0.2, -0.15) is 0 Å². The minimum absolute atomic E-state index is 0.0384. The van der Waals surface area contributed by atoms with Gasteiger partial charge < -0.3 is 10.4 Å². The lowest BCUT2D eigenvalue weighted by Gasteiger charge is -2.08. The zero-order valence-electron chi connectivity index (χ0n) is 10.8. The van der Waals surface area contributed by atoms with E-state index in [2.05, 4.69) is 5.32 Å². The second kappa shape index (κ2) is 5.69. The number of amides is 1. The number of anilines is 1. The summed E-state index contributed by atoms with van der Waals surface area (Å²) >= 11 is 0. The third kappa shape index (κ3) is 3.32. The molecule has 0 saturated heterocycles. The lowest BCUT2D eigenvalue weighted by Crippen LogP contribution is -2.15. The van der Waals surface area contributed by atoms with Gasteiger partial charge in [0.15, 0.2) is 0 Å². The van der Waals surface area contributed by atoms with Crippen LogP contribution >= 0.6 is 0 Å². The fourth-order valence-corrected chi connectivity index (χ4v) is 1.79. The number of halogens is 2. The Hall–Kier alpha value is -2.43. The van der Waals surface area contributed by atoms with Crippen molar-refractivity contribution in [3.8, 4) is 5.75 Å². The van der Waals surface area contributed by atoms with Crippen molar-refractivity contribution in [3.63, 3.8) is 0 Å². The van der Waals surface area contributed by atoms with Crippen molar-refractivity contribution in [1.29, 1.82) is 0 Å². The van der Waals surface area contributed by atoms with E-state index in [-0.39, 0.29) is 23.4 Å². The van der Waals surface area contributed by atoms with Crippen molar-refractivity contribution in [2.24, 2.45) is 0 Å². The first-order chi connectivity index (χ1) is 9.45. The van der Waals surface area contributed by atoms with Crippen LogP contribution in [0.1, 0.15) is 11.1 Å². The molecule has 0 aromatic heterocycles. The van der Waals surface area contributed by atoms with E-state index >= 15 is 0 Å². The number of phenols is 1. The largest absolute Gasteiger partial charge is 0.508 e. The summed E-state index contributed by atoms with van der Waals surface area (Å²) in [5, 5.41) is 11.6. The summed E-state index contributed by atoms with van der Waals surface area (Å²) in [7, 11) is 0. The van der Waals surface area contributed by atoms with Crippen LogP contribution in [0.15, 0.2) is 36.4 Å². The van der Waals surface area contributed by atoms with Crippen LogP contribution in [-0.4, -0.2) is 11.0 Å². The number of carbonyl (C=O) groups excluding carboxylic acids is 1. The standard InChI is InChI=1S/C15H13F2NO2/c1-9-5-13(17)14(8-12(9)16)18-15(20)7-10-3-2-4-11(19)6-10/h2-6,8,19H,7H2,1H3,(H,18,20). The number of carbonyl (C=O) groups is 1. The van der Waals surface area contributed by atoms with Crippen molar-refractivity contribution in [2.75, 3.05) is 5.32 Å². The minimum Gasteiger partial charge on any atom is -0.508 e. The molecular formula is C15H13F2NO2. The summed E-state index contributed by atoms with van der Waals surface area (Å²) in [6.07, 6.45) is -0.0384. The Morgan fingerprint density at radius 2 is 1.95 bits per heavy atom. The van der Waals surface area contributed by atoms with Gasteiger partial charge in [0.2, 0.25) is 5.91 Å². The highest BCUT2D eigenvalue weighted by atomic mass is 19.1. The summed E-state index contributed by atoms with van der Waals surface area (Å²) in [5.74, 6) is -1.71. The summed E-state index contributed by atoms with van der Waals surface area (Å²) in [6.45, 7) is 1.44. The Balaban J connectivity index is 2.10. The molecule has 0 spiro atoms. The molecule has 0 unspecified atom stereocenters. The van der Waals surface area contributed by atoms with Gasteiger partial charge in [-0.05, 0) is 36.2 Å². The fraction of sp³-hybridized carbons (Fsp3) is 0.133. The molecule has 5 heteroatoms. The molecule has 0 radical (unpaired) electrons. The Kier molecular flexibility index (Phi) is 3.98. The molecule has 0 heterocycles. The van der Waals surface area contributed by atoms with Crippen molar-refractivity contribution in [1.82, 2.24) is 0 Å². The summed E-state index contributed by atoms with van der Waals surface area (Å²) in [6, 6.07) is 8.15. The zero-order chi connectivity index (χ0) is 14.7. The number of aryl methyl sites for hydroxylation is 1. The number of rotatable bonds is 3. The van der Waals surface area contributed by atoms with E-state index < -0.39 is 17.5 Å². The van der Waals surface area contributed by atoms with Gasteiger partial charge in [-0.25, -0.2) is 8.78 Å². The van der Waals surface area contributed by atoms with E-state index in [1.165, 1.54) is 19.1 Å². The molecule has 2 aromatic carbocycles. The number of hydrogen-bond acceptors (Lipinski definition) is 2. The van der Waals surface area contributed by atoms with E-state index in [9.17, 15) is 18.7 Å². The first-order valence-electron chi connectivity index (χ1n) is 5.99. The fourth-order valence-electron chi connectivity index (χ4n) is 1.79. The van der Waals surface area contributed by atoms with Crippen molar-refractivity contribution in [3.05, 3.63) is 59.2 Å². The van der Waals surface area contributed by atoms with Crippen molar-refractivity contribution >= 4 is 11.6 Å². The lowest BCUT2D eigenvalue weighted by molar-refractivity contribution is -0.115. The second-order valence-electron chi connectivity index (χ2n) is 4.48. The molecule has 3 nitrogen and oxygen atoms in total. The molecule has 0 atom stereocenters. The molecule has 2 aromatic rings. The predicted molar refractivity (Wildman–Crippen MR) is 71.5 cm³/mol. The zero-order valence-corrected chi connectivity index (χ0v) is 10.8. The predicted octanol–water partition coefficient (Wildman–Crippen LogP) is 3.16. The highest BCUT2D eigenvalue weighted by molar-refractivity contribution is 5.92. The van der Waals surface area contributed by atoms with Gasteiger partial charge in [0.05, 0.1) is 12.1 Å². The van der Waals surface area contributed by atoms with Crippen LogP contribution in [0.5, 0.6) is 5.75 Å². The van der Waals surface area contributed by atoms with E-state index in [1.807, 2.05) is 0 Å². The monoisotopic (exact) mass is 277 g/mol. The van der Waals surface area contributed by atoms with E-state index in [0.29, 0.717) is 5.56 Å². The van der Waals surface area contributed by atoms with Gasteiger partial charge in [-0.15, -0.1) is 0 Å². The highest BCUT2D eigenvalue weighted by Gasteiger charge is 2.11. The van der Waals surface area contributed by atoms with E-state index in [0.717, 1.165) is 12.1 Å². The normalized spacial score (nSPS) is 10.3. The van der Waals surface area contributed by atoms with Crippen molar-refractivity contribution in [2.45, 2.75) is 13.3 Å². The van der Waals surface area contributed by atoms with Crippen LogP contribution in [0, 0.1) is 18.6 Å². The molecule has 0 aliphatic heterocycles. The quantitative estimate of drug-likeness (QED) is 0.905. The average Bonchev–Trinajstić information content (AvgIpc) is 2.36. The maximum atomic E-state index is 13.6. The average molecular weight is 277 g/mol. The highest BCUT2D eigenvalue weighted by Crippen LogP contribution is 2.19. The first kappa shape index (κ1) is 14.0. The van der Waals surface area contributed by atoms with Gasteiger partial charge in [0.1, 0.15) is 17.4 Å². The number of phenolic OH excluding ortho intramolecular Hbond substituents is 1. The number of hydrogen-bond donors (Lipinski definition) is 2. The SMILES string of the molecule is Cc1cc(F)c(NC(=O)Cc2cccc(O)c2)cc1F. The van der Waals surface area contributed by atoms with Gasteiger partial charge in [-0.1, -0.05) is 12.1 Å². The summed E-state index contributed by atoms with van der Waals surface area (Å²) < 4.78 is 26.9. The van der Waals surface area contributed by atoms with Crippen LogP contribution in [-0.2, 0) is 11.2 Å². The van der Waals surface area contributed by atoms with Gasteiger partial charge in [0, 0.05) is 6.07 Å². The van der Waals surface area contributed by atoms with Crippen LogP contribution in [0.2, 0.25) is 0 Å². The molecule has 2 N–H and O–H groups in total. The van der Waals surface area contributed by atoms with Crippen LogP contribution < -0.4 is 5.32 Å². The van der Waals surface area contributed by atoms with Crippen molar-refractivity contribution < 1.29 is 18.7 Å². The smallest absolute Gasteiger partial charge is 0.228 e. The molecule has 0 bridgehead atoms. The Labute approximate surface area is 114 Å². The maximum absolute atomic E-state index is 13.6. The molecule has 1 amide bonds. The maximum Gasteiger partial charge on any atom is 0.228 e. The third-order valence-electron chi connectivity index (χ3n) is 2.80. The van der Waals surface area contributed by atoms with Crippen LogP contribution in [0.25, 0.3) is 0 Å². The Bertz CT molecular complexity index is 656. The number of benzene rings is 2. The lowest BCUT2D eigenvalue weighted by atomic mass is 10.1. The van der Waals surface area contributed by atoms with Gasteiger partial charge in [-0.3, -0.25) is 4.79 Å². The van der Waals surface area contributed by atoms with E-state index in [1.54, 1.807) is 12.1 Å². The minimum atomic E-state index is -0.687. The van der Waals surface area contributed by atoms with Gasteiger partial charge >= 0.3 is 0 Å². The summed E-state index contributed by atoms with van der Waals surface area (Å²) in [4.78, 5) is 11.8. The molecule has 20 heavy (non-hydrogen) atoms. The van der Waals surface area contributed by atoms with Gasteiger partial charge in [0.25, 0.3) is 0 Å². The Morgan fingerprint density at radius 3 is 2.65 bits per heavy atom. The topological polar surface area (TPSA) is 49.3 Å². The van der Waals surface area contributed by atoms with Crippen LogP contribution in [0.3, 0.4) is 0 Å². The first-order valence-corrected chi connectivity index (χ1v) is 5.99. The Morgan fingerprint density at radius 1 is 1.20 bits per heavy atom. The second-order valence-corrected chi connectivity index (χ2v) is 4.48. The third-order valence-corrected chi connectivity index (χ3v) is 2.80.